The van der Waals surface area contributed by atoms with Crippen LogP contribution >= 0.6 is 11.6 Å². The third kappa shape index (κ3) is 4.04. The van der Waals surface area contributed by atoms with Gasteiger partial charge in [0.25, 0.3) is 0 Å². The van der Waals surface area contributed by atoms with Crippen LogP contribution in [0.5, 0.6) is 0 Å². The zero-order valence-corrected chi connectivity index (χ0v) is 22.5. The van der Waals surface area contributed by atoms with Crippen LogP contribution in [-0.4, -0.2) is 59.1 Å². The van der Waals surface area contributed by atoms with Gasteiger partial charge in [-0.3, -0.25) is 14.5 Å². The van der Waals surface area contributed by atoms with Crippen LogP contribution in [0.1, 0.15) is 50.3 Å². The molecule has 0 saturated carbocycles. The normalized spacial score (nSPS) is 19.9. The van der Waals surface area contributed by atoms with Crippen LogP contribution in [0.4, 0.5) is 5.82 Å². The predicted molar refractivity (Wildman–Crippen MR) is 144 cm³/mol. The molecule has 1 saturated heterocycles. The van der Waals surface area contributed by atoms with Crippen molar-refractivity contribution in [3.63, 3.8) is 0 Å². The van der Waals surface area contributed by atoms with Crippen molar-refractivity contribution in [1.82, 2.24) is 34.0 Å². The van der Waals surface area contributed by atoms with Gasteiger partial charge in [-0.25, -0.2) is 14.8 Å². The Morgan fingerprint density at radius 3 is 2.61 bits per heavy atom. The summed E-state index contributed by atoms with van der Waals surface area (Å²) in [5.74, 6) is 1.64. The number of halogens is 1. The Balaban J connectivity index is 1.50. The molecule has 4 heterocycles. The zero-order valence-electron chi connectivity index (χ0n) is 21.7. The van der Waals surface area contributed by atoms with Gasteiger partial charge >= 0.3 is 5.69 Å². The molecule has 0 radical (unpaired) electrons. The van der Waals surface area contributed by atoms with Crippen LogP contribution in [0.2, 0.25) is 0 Å². The van der Waals surface area contributed by atoms with Crippen molar-refractivity contribution in [3.05, 3.63) is 52.0 Å². The zero-order chi connectivity index (χ0) is 25.7. The number of alkyl halides is 1. The number of piperazine rings is 1. The first-order chi connectivity index (χ1) is 17.2. The standard InChI is InChI=1S/C26H33ClN8O/c1-7-19-14-34(24-23-25(33(6)26(36)31-24)32(5)22(11-27)30-23)16(3)13-35(19)17(4)18-8-9-20-21(10-18)29-15(2)12-28-20/h8-10,12,16-17,19H,7,11,13-14H2,1-6H3/t16-,17?,19+/m0/s1. The van der Waals surface area contributed by atoms with Crippen molar-refractivity contribution in [1.29, 1.82) is 0 Å². The summed E-state index contributed by atoms with van der Waals surface area (Å²) in [5.41, 5.74) is 5.16. The quantitative estimate of drug-likeness (QED) is 0.380. The van der Waals surface area contributed by atoms with Crippen molar-refractivity contribution in [2.75, 3.05) is 18.0 Å². The van der Waals surface area contributed by atoms with E-state index in [-0.39, 0.29) is 29.7 Å². The van der Waals surface area contributed by atoms with Crippen LogP contribution in [0, 0.1) is 6.92 Å². The highest BCUT2D eigenvalue weighted by molar-refractivity contribution is 6.16. The number of hydrogen-bond acceptors (Lipinski definition) is 7. The van der Waals surface area contributed by atoms with Gasteiger partial charge < -0.3 is 9.47 Å². The van der Waals surface area contributed by atoms with Crippen LogP contribution in [0.25, 0.3) is 22.2 Å². The second-order valence-electron chi connectivity index (χ2n) is 9.87. The molecule has 3 aromatic heterocycles. The molecule has 36 heavy (non-hydrogen) atoms. The summed E-state index contributed by atoms with van der Waals surface area (Å²) in [6.07, 6.45) is 2.78. The summed E-state index contributed by atoms with van der Waals surface area (Å²) in [7, 11) is 3.62. The maximum Gasteiger partial charge on any atom is 0.350 e. The average molecular weight is 509 g/mol. The lowest BCUT2D eigenvalue weighted by atomic mass is 9.98. The number of nitrogens with zero attached hydrogens (tertiary/aromatic N) is 8. The molecule has 4 aromatic rings. The molecule has 1 fully saturated rings. The molecule has 0 spiro atoms. The van der Waals surface area contributed by atoms with Crippen LogP contribution < -0.4 is 10.6 Å². The Bertz CT molecular complexity index is 1500. The summed E-state index contributed by atoms with van der Waals surface area (Å²) < 4.78 is 3.44. The van der Waals surface area contributed by atoms with Crippen LogP contribution in [0.3, 0.4) is 0 Å². The Labute approximate surface area is 215 Å². The molecule has 9 nitrogen and oxygen atoms in total. The minimum Gasteiger partial charge on any atom is -0.349 e. The van der Waals surface area contributed by atoms with E-state index in [4.69, 9.17) is 16.6 Å². The Hall–Kier alpha value is -3.04. The van der Waals surface area contributed by atoms with Crippen LogP contribution in [-0.2, 0) is 20.0 Å². The van der Waals surface area contributed by atoms with E-state index in [1.807, 2.05) is 18.5 Å². The highest BCUT2D eigenvalue weighted by atomic mass is 35.5. The molecule has 0 aliphatic carbocycles. The third-order valence-electron chi connectivity index (χ3n) is 7.59. The molecule has 10 heteroatoms. The smallest absolute Gasteiger partial charge is 0.349 e. The number of aromatic nitrogens is 6. The maximum absolute atomic E-state index is 12.8. The minimum absolute atomic E-state index is 0.141. The number of rotatable bonds is 5. The van der Waals surface area contributed by atoms with E-state index >= 15 is 0 Å². The van der Waals surface area contributed by atoms with E-state index in [1.165, 1.54) is 5.56 Å². The number of aryl methyl sites for hydroxylation is 3. The summed E-state index contributed by atoms with van der Waals surface area (Å²) in [6.45, 7) is 10.2. The fourth-order valence-corrected chi connectivity index (χ4v) is 5.71. The van der Waals surface area contributed by atoms with Gasteiger partial charge in [-0.1, -0.05) is 13.0 Å². The lowest BCUT2D eigenvalue weighted by Crippen LogP contribution is -2.58. The van der Waals surface area contributed by atoms with E-state index in [2.05, 4.69) is 63.7 Å². The number of imidazole rings is 1. The van der Waals surface area contributed by atoms with E-state index in [1.54, 1.807) is 17.8 Å². The topological polar surface area (TPSA) is 85.0 Å². The molecule has 1 aliphatic heterocycles. The SMILES string of the molecule is CC[C@@H]1CN(c2nc(=O)n(C)c3c2nc(CCl)n3C)[C@@H](C)CN1C(C)c1ccc2ncc(C)nc2c1. The average Bonchev–Trinajstić information content (AvgIpc) is 3.21. The van der Waals surface area contributed by atoms with Gasteiger partial charge in [-0.15, -0.1) is 11.6 Å². The molecule has 0 N–H and O–H groups in total. The Morgan fingerprint density at radius 2 is 1.89 bits per heavy atom. The first-order valence-electron chi connectivity index (χ1n) is 12.5. The molecule has 1 aromatic carbocycles. The third-order valence-corrected chi connectivity index (χ3v) is 7.83. The molecule has 0 amide bonds. The number of benzene rings is 1. The Morgan fingerprint density at radius 1 is 1.11 bits per heavy atom. The van der Waals surface area contributed by atoms with E-state index in [0.717, 1.165) is 53.2 Å². The molecule has 0 bridgehead atoms. The maximum atomic E-state index is 12.8. The largest absolute Gasteiger partial charge is 0.350 e. The number of fused-ring (bicyclic) bond motifs is 2. The second kappa shape index (κ2) is 9.44. The van der Waals surface area contributed by atoms with Gasteiger partial charge in [0.1, 0.15) is 17.0 Å². The molecule has 3 atom stereocenters. The van der Waals surface area contributed by atoms with E-state index in [9.17, 15) is 4.79 Å². The first-order valence-corrected chi connectivity index (χ1v) is 13.0. The summed E-state index contributed by atoms with van der Waals surface area (Å²) >= 11 is 6.15. The van der Waals surface area contributed by atoms with E-state index in [0.29, 0.717) is 5.82 Å². The minimum atomic E-state index is -0.287. The fraction of sp³-hybridized carbons (Fsp3) is 0.500. The highest BCUT2D eigenvalue weighted by Gasteiger charge is 2.36. The Kier molecular flexibility index (Phi) is 6.46. The van der Waals surface area contributed by atoms with Crippen molar-refractivity contribution >= 4 is 39.6 Å². The monoisotopic (exact) mass is 508 g/mol. The number of hydrogen-bond donors (Lipinski definition) is 0. The van der Waals surface area contributed by atoms with Gasteiger partial charge in [0.2, 0.25) is 0 Å². The molecule has 5 rings (SSSR count). The summed E-state index contributed by atoms with van der Waals surface area (Å²) in [4.78, 5) is 36.1. The van der Waals surface area contributed by atoms with Crippen molar-refractivity contribution in [3.8, 4) is 0 Å². The second-order valence-corrected chi connectivity index (χ2v) is 10.1. The van der Waals surface area contributed by atoms with Crippen LogP contribution in [0.15, 0.2) is 29.2 Å². The van der Waals surface area contributed by atoms with Crippen molar-refractivity contribution < 1.29 is 0 Å². The van der Waals surface area contributed by atoms with Gasteiger partial charge in [0, 0.05) is 51.5 Å². The van der Waals surface area contributed by atoms with Crippen molar-refractivity contribution in [2.24, 2.45) is 14.1 Å². The van der Waals surface area contributed by atoms with Gasteiger partial charge in [-0.2, -0.15) is 4.98 Å². The molecular formula is C26H33ClN8O. The molecule has 190 valence electrons. The predicted octanol–water partition coefficient (Wildman–Crippen LogP) is 3.71. The van der Waals surface area contributed by atoms with Gasteiger partial charge in [0.05, 0.1) is 22.6 Å². The molecule has 1 unspecified atom stereocenters. The van der Waals surface area contributed by atoms with Gasteiger partial charge in [0.15, 0.2) is 5.82 Å². The lowest BCUT2D eigenvalue weighted by molar-refractivity contribution is 0.106. The lowest BCUT2D eigenvalue weighted by Gasteiger charge is -2.48. The molecule has 1 aliphatic rings. The van der Waals surface area contributed by atoms with E-state index < -0.39 is 0 Å². The fourth-order valence-electron chi connectivity index (χ4n) is 5.47. The number of anilines is 1. The molecular weight excluding hydrogens is 476 g/mol. The van der Waals surface area contributed by atoms with Crippen molar-refractivity contribution in [2.45, 2.75) is 58.1 Å². The highest BCUT2D eigenvalue weighted by Crippen LogP contribution is 2.33. The summed E-state index contributed by atoms with van der Waals surface area (Å²) in [6, 6.07) is 7.02. The first kappa shape index (κ1) is 24.6. The summed E-state index contributed by atoms with van der Waals surface area (Å²) in [5, 5.41) is 0. The van der Waals surface area contributed by atoms with Gasteiger partial charge in [-0.05, 0) is 44.9 Å².